The Balaban J connectivity index is 0.00000141. The lowest BCUT2D eigenvalue weighted by Crippen LogP contribution is -2.49. The van der Waals surface area contributed by atoms with E-state index in [1.165, 1.54) is 13.0 Å². The van der Waals surface area contributed by atoms with E-state index < -0.39 is 5.82 Å². The number of amides is 1. The van der Waals surface area contributed by atoms with E-state index in [4.69, 9.17) is 5.11 Å². The van der Waals surface area contributed by atoms with Gasteiger partial charge in [-0.3, -0.25) is 14.6 Å². The summed E-state index contributed by atoms with van der Waals surface area (Å²) in [5, 5.41) is 7.00. The fourth-order valence-corrected chi connectivity index (χ4v) is 3.93. The number of piperazine rings is 1. The number of carbonyl (C=O) groups excluding carboxylic acids is 2. The molecule has 7 nitrogen and oxygen atoms in total. The first kappa shape index (κ1) is 23.4. The molecule has 8 heteroatoms. The maximum Gasteiger partial charge on any atom is 0.256 e. The van der Waals surface area contributed by atoms with Gasteiger partial charge in [0.05, 0.1) is 16.9 Å². The second-order valence-electron chi connectivity index (χ2n) is 7.70. The van der Waals surface area contributed by atoms with Crippen molar-refractivity contribution in [2.24, 2.45) is 4.99 Å². The van der Waals surface area contributed by atoms with Gasteiger partial charge in [-0.05, 0) is 56.5 Å². The van der Waals surface area contributed by atoms with E-state index in [0.717, 1.165) is 32.3 Å². The van der Waals surface area contributed by atoms with Gasteiger partial charge < -0.3 is 19.8 Å². The van der Waals surface area contributed by atoms with E-state index in [9.17, 15) is 14.0 Å². The molecular weight excluding hydrogens is 411 g/mol. The van der Waals surface area contributed by atoms with Crippen molar-refractivity contribution >= 4 is 35.5 Å². The zero-order valence-electron chi connectivity index (χ0n) is 18.6. The number of hydrogen-bond acceptors (Lipinski definition) is 6. The van der Waals surface area contributed by atoms with Crippen LogP contribution in [0.3, 0.4) is 0 Å². The number of anilines is 2. The van der Waals surface area contributed by atoms with Gasteiger partial charge in [-0.2, -0.15) is 0 Å². The van der Waals surface area contributed by atoms with Crippen LogP contribution in [0.4, 0.5) is 21.5 Å². The molecule has 0 spiro atoms. The van der Waals surface area contributed by atoms with Crippen LogP contribution in [-0.4, -0.2) is 74.8 Å². The Labute approximate surface area is 187 Å². The largest absolute Gasteiger partial charge is 0.400 e. The number of ketones is 1. The fourth-order valence-electron chi connectivity index (χ4n) is 3.93. The first-order valence-corrected chi connectivity index (χ1v) is 10.6. The number of halogens is 1. The number of benzene rings is 2. The quantitative estimate of drug-likeness (QED) is 0.571. The van der Waals surface area contributed by atoms with E-state index in [2.05, 4.69) is 16.6 Å². The molecule has 4 rings (SSSR count). The number of aliphatic hydroxyl groups is 1. The van der Waals surface area contributed by atoms with E-state index in [-0.39, 0.29) is 11.7 Å². The minimum Gasteiger partial charge on any atom is -0.400 e. The van der Waals surface area contributed by atoms with Gasteiger partial charge >= 0.3 is 0 Å². The predicted octanol–water partition coefficient (Wildman–Crippen LogP) is 3.14. The summed E-state index contributed by atoms with van der Waals surface area (Å²) in [5.41, 5.74) is 3.08. The zero-order chi connectivity index (χ0) is 23.3. The van der Waals surface area contributed by atoms with Gasteiger partial charge in [0.15, 0.2) is 5.78 Å². The molecule has 0 radical (unpaired) electrons. The van der Waals surface area contributed by atoms with Crippen LogP contribution in [0.1, 0.15) is 34.1 Å². The monoisotopic (exact) mass is 440 g/mol. The van der Waals surface area contributed by atoms with E-state index in [1.807, 2.05) is 21.9 Å². The van der Waals surface area contributed by atoms with Gasteiger partial charge in [-0.1, -0.05) is 0 Å². The Hall–Kier alpha value is -3.26. The Bertz CT molecular complexity index is 999. The number of rotatable bonds is 5. The second kappa shape index (κ2) is 10.4. The Morgan fingerprint density at radius 2 is 1.56 bits per heavy atom. The summed E-state index contributed by atoms with van der Waals surface area (Å²) in [6.45, 7) is 8.94. The van der Waals surface area contributed by atoms with Crippen molar-refractivity contribution in [3.8, 4) is 0 Å². The highest BCUT2D eigenvalue weighted by Gasteiger charge is 2.28. The van der Waals surface area contributed by atoms with Crippen molar-refractivity contribution in [1.82, 2.24) is 4.90 Å². The molecule has 32 heavy (non-hydrogen) atoms. The summed E-state index contributed by atoms with van der Waals surface area (Å²) in [4.78, 5) is 34.6. The average Bonchev–Trinajstić information content (AvgIpc) is 2.79. The lowest BCUT2D eigenvalue weighted by atomic mass is 10.1. The molecule has 0 saturated carbocycles. The van der Waals surface area contributed by atoms with E-state index >= 15 is 0 Å². The molecule has 0 unspecified atom stereocenters. The molecule has 0 aromatic heterocycles. The highest BCUT2D eigenvalue weighted by Crippen LogP contribution is 2.30. The van der Waals surface area contributed by atoms with Crippen LogP contribution < -0.4 is 9.80 Å². The minimum atomic E-state index is -0.410. The van der Waals surface area contributed by atoms with Crippen molar-refractivity contribution in [2.45, 2.75) is 13.3 Å². The smallest absolute Gasteiger partial charge is 0.256 e. The molecular formula is C24H29FN4O3. The maximum absolute atomic E-state index is 14.5. The number of Topliss-reactive ketones (excluding diaryl/α,β-unsaturated/α-hetero) is 1. The molecule has 2 saturated heterocycles. The predicted molar refractivity (Wildman–Crippen MR) is 125 cm³/mol. The van der Waals surface area contributed by atoms with Gasteiger partial charge in [-0.15, -0.1) is 0 Å². The first-order valence-electron chi connectivity index (χ1n) is 10.6. The van der Waals surface area contributed by atoms with Crippen molar-refractivity contribution in [2.75, 3.05) is 56.2 Å². The summed E-state index contributed by atoms with van der Waals surface area (Å²) in [7, 11) is 1.00. The maximum atomic E-state index is 14.5. The number of nitrogens with zero attached hydrogens (tertiary/aromatic N) is 4. The van der Waals surface area contributed by atoms with Crippen LogP contribution in [0.25, 0.3) is 0 Å². The summed E-state index contributed by atoms with van der Waals surface area (Å²) < 4.78 is 14.5. The van der Waals surface area contributed by atoms with Gasteiger partial charge in [0, 0.05) is 57.6 Å². The summed E-state index contributed by atoms with van der Waals surface area (Å²) in [5.74, 6) is -0.605. The third-order valence-electron chi connectivity index (χ3n) is 5.85. The number of aliphatic hydroxyl groups excluding tert-OH is 1. The topological polar surface area (TPSA) is 76.5 Å². The molecule has 0 aliphatic carbocycles. The van der Waals surface area contributed by atoms with Crippen LogP contribution in [0, 0.1) is 5.82 Å². The Morgan fingerprint density at radius 1 is 0.938 bits per heavy atom. The van der Waals surface area contributed by atoms with Gasteiger partial charge in [0.1, 0.15) is 5.82 Å². The molecule has 1 amide bonds. The van der Waals surface area contributed by atoms with Crippen molar-refractivity contribution in [3.63, 3.8) is 0 Å². The molecule has 2 aliphatic heterocycles. The molecule has 0 bridgehead atoms. The number of hydrogen-bond donors (Lipinski definition) is 1. The number of carbonyl (C=O) groups is 2. The van der Waals surface area contributed by atoms with Crippen LogP contribution >= 0.6 is 0 Å². The number of aliphatic imine (C=N–C) groups is 1. The third-order valence-corrected chi connectivity index (χ3v) is 5.85. The van der Waals surface area contributed by atoms with Crippen LogP contribution in [0.5, 0.6) is 0 Å². The summed E-state index contributed by atoms with van der Waals surface area (Å²) in [6.07, 6.45) is 1.13. The lowest BCUT2D eigenvalue weighted by Gasteiger charge is -2.38. The summed E-state index contributed by atoms with van der Waals surface area (Å²) >= 11 is 0. The van der Waals surface area contributed by atoms with Crippen LogP contribution in [0.2, 0.25) is 0 Å². The standard InChI is InChI=1S/C23H25FN4O2.CH4O/c1-16(29)17-4-6-22(20(24)14-17)27-10-12-28(13-11-27)23(30)19-15-18(25-2)5-7-21(19)26-8-3-9-26;1-2/h4-7,14-15H,2-3,8-13H2,1H3;2H,1H3. The molecule has 2 heterocycles. The third kappa shape index (κ3) is 4.80. The van der Waals surface area contributed by atoms with E-state index in [0.29, 0.717) is 48.7 Å². The summed E-state index contributed by atoms with van der Waals surface area (Å²) in [6, 6.07) is 10.2. The zero-order valence-corrected chi connectivity index (χ0v) is 18.6. The minimum absolute atomic E-state index is 0.0329. The van der Waals surface area contributed by atoms with E-state index in [1.54, 1.807) is 18.2 Å². The molecule has 2 fully saturated rings. The fraction of sp³-hybridized carbons (Fsp3) is 0.375. The highest BCUT2D eigenvalue weighted by atomic mass is 19.1. The van der Waals surface area contributed by atoms with Gasteiger partial charge in [-0.25, -0.2) is 4.39 Å². The molecule has 170 valence electrons. The Morgan fingerprint density at radius 3 is 2.09 bits per heavy atom. The Kier molecular flexibility index (Phi) is 7.58. The molecule has 2 aromatic rings. The van der Waals surface area contributed by atoms with Crippen molar-refractivity contribution in [1.29, 1.82) is 0 Å². The molecule has 2 aromatic carbocycles. The SMILES string of the molecule is C=Nc1ccc(N2CCC2)c(C(=O)N2CCN(c3ccc(C(C)=O)cc3F)CC2)c1.CO. The van der Waals surface area contributed by atoms with Crippen LogP contribution in [-0.2, 0) is 0 Å². The van der Waals surface area contributed by atoms with Gasteiger partial charge in [0.25, 0.3) is 5.91 Å². The van der Waals surface area contributed by atoms with Crippen LogP contribution in [0.15, 0.2) is 41.4 Å². The average molecular weight is 441 g/mol. The molecule has 1 N–H and O–H groups in total. The van der Waals surface area contributed by atoms with Crippen molar-refractivity contribution < 1.29 is 19.1 Å². The molecule has 0 atom stereocenters. The first-order chi connectivity index (χ1) is 15.5. The normalized spacial score (nSPS) is 15.4. The highest BCUT2D eigenvalue weighted by molar-refractivity contribution is 6.01. The lowest BCUT2D eigenvalue weighted by molar-refractivity contribution is 0.0747. The van der Waals surface area contributed by atoms with Gasteiger partial charge in [0.2, 0.25) is 0 Å². The molecule has 2 aliphatic rings. The van der Waals surface area contributed by atoms with Crippen molar-refractivity contribution in [3.05, 3.63) is 53.3 Å². The second-order valence-corrected chi connectivity index (χ2v) is 7.70.